The van der Waals surface area contributed by atoms with E-state index in [0.29, 0.717) is 17.1 Å². The maximum absolute atomic E-state index is 11.7. The van der Waals surface area contributed by atoms with Crippen LogP contribution in [0, 0.1) is 6.92 Å². The lowest BCUT2D eigenvalue weighted by molar-refractivity contribution is 0.0953. The average molecular weight is 260 g/mol. The van der Waals surface area contributed by atoms with Crippen molar-refractivity contribution in [3.63, 3.8) is 0 Å². The van der Waals surface area contributed by atoms with Crippen molar-refractivity contribution in [2.45, 2.75) is 25.6 Å². The first-order valence-corrected chi connectivity index (χ1v) is 6.00. The summed E-state index contributed by atoms with van der Waals surface area (Å²) in [5.41, 5.74) is 1.53. The Bertz CT molecular complexity index is 377. The van der Waals surface area contributed by atoms with Crippen LogP contribution in [0.2, 0.25) is 5.02 Å². The van der Waals surface area contributed by atoms with Gasteiger partial charge >= 0.3 is 0 Å². The van der Waals surface area contributed by atoms with E-state index in [1.54, 1.807) is 18.2 Å². The lowest BCUT2D eigenvalue weighted by Crippen LogP contribution is -2.25. The molecule has 16 heavy (non-hydrogen) atoms. The second kappa shape index (κ2) is 6.12. The minimum atomic E-state index is -0.0860. The summed E-state index contributed by atoms with van der Waals surface area (Å²) in [6.07, 6.45) is 0.764. The fourth-order valence-corrected chi connectivity index (χ4v) is 1.50. The van der Waals surface area contributed by atoms with Crippen molar-refractivity contribution in [1.29, 1.82) is 0 Å². The molecule has 0 aliphatic heterocycles. The van der Waals surface area contributed by atoms with Gasteiger partial charge in [-0.3, -0.25) is 4.79 Å². The molecule has 1 atom stereocenters. The zero-order valence-electron chi connectivity index (χ0n) is 9.39. The molecule has 1 unspecified atom stereocenters. The monoisotopic (exact) mass is 259 g/mol. The highest BCUT2D eigenvalue weighted by atomic mass is 35.5. The summed E-state index contributed by atoms with van der Waals surface area (Å²) in [6.45, 7) is 4.37. The summed E-state index contributed by atoms with van der Waals surface area (Å²) in [4.78, 5) is 11.7. The zero-order chi connectivity index (χ0) is 12.1. The van der Waals surface area contributed by atoms with E-state index in [9.17, 15) is 4.79 Å². The number of hydrogen-bond acceptors (Lipinski definition) is 1. The third kappa shape index (κ3) is 4.03. The van der Waals surface area contributed by atoms with Crippen molar-refractivity contribution in [3.05, 3.63) is 34.3 Å². The first kappa shape index (κ1) is 13.3. The number of nitrogens with one attached hydrogen (secondary N) is 1. The molecule has 2 nitrogen and oxygen atoms in total. The molecule has 0 radical (unpaired) electrons. The molecule has 0 saturated carbocycles. The Balaban J connectivity index is 2.56. The molecule has 88 valence electrons. The summed E-state index contributed by atoms with van der Waals surface area (Å²) in [5.74, 6) is -0.0860. The predicted molar refractivity (Wildman–Crippen MR) is 68.5 cm³/mol. The first-order valence-electron chi connectivity index (χ1n) is 5.19. The van der Waals surface area contributed by atoms with Gasteiger partial charge in [-0.15, -0.1) is 11.6 Å². The molecule has 1 rings (SSSR count). The normalized spacial score (nSPS) is 12.2. The van der Waals surface area contributed by atoms with Gasteiger partial charge in [-0.2, -0.15) is 0 Å². The van der Waals surface area contributed by atoms with Gasteiger partial charge in [-0.05, 0) is 44.0 Å². The number of halogens is 2. The third-order valence-electron chi connectivity index (χ3n) is 2.25. The molecule has 1 aromatic rings. The molecule has 0 saturated heterocycles. The van der Waals surface area contributed by atoms with Crippen molar-refractivity contribution >= 4 is 29.1 Å². The van der Waals surface area contributed by atoms with E-state index in [1.165, 1.54) is 0 Å². The molecule has 0 aromatic heterocycles. The smallest absolute Gasteiger partial charge is 0.251 e. The fourth-order valence-electron chi connectivity index (χ4n) is 1.27. The summed E-state index contributed by atoms with van der Waals surface area (Å²) in [7, 11) is 0. The molecule has 0 bridgehead atoms. The Labute approximate surface area is 106 Å². The summed E-state index contributed by atoms with van der Waals surface area (Å²) in [5, 5.41) is 3.56. The Morgan fingerprint density at radius 2 is 2.19 bits per heavy atom. The van der Waals surface area contributed by atoms with Gasteiger partial charge in [0.2, 0.25) is 0 Å². The van der Waals surface area contributed by atoms with E-state index in [2.05, 4.69) is 5.32 Å². The molecular weight excluding hydrogens is 245 g/mol. The number of rotatable bonds is 4. The topological polar surface area (TPSA) is 29.1 Å². The van der Waals surface area contributed by atoms with Gasteiger partial charge in [0.1, 0.15) is 0 Å². The van der Waals surface area contributed by atoms with E-state index in [0.717, 1.165) is 12.0 Å². The van der Waals surface area contributed by atoms with E-state index >= 15 is 0 Å². The fraction of sp³-hybridized carbons (Fsp3) is 0.417. The SMILES string of the molecule is Cc1cc(C(=O)NCCC(C)Cl)ccc1Cl. The van der Waals surface area contributed by atoms with Crippen LogP contribution >= 0.6 is 23.2 Å². The molecule has 0 heterocycles. The Morgan fingerprint density at radius 1 is 1.50 bits per heavy atom. The average Bonchev–Trinajstić information content (AvgIpc) is 2.21. The number of aryl methyl sites for hydroxylation is 1. The highest BCUT2D eigenvalue weighted by Crippen LogP contribution is 2.16. The Kier molecular flexibility index (Phi) is 5.10. The van der Waals surface area contributed by atoms with Gasteiger partial charge < -0.3 is 5.32 Å². The van der Waals surface area contributed by atoms with Crippen LogP contribution in [0.25, 0.3) is 0 Å². The quantitative estimate of drug-likeness (QED) is 0.826. The van der Waals surface area contributed by atoms with Crippen LogP contribution in [-0.2, 0) is 0 Å². The maximum atomic E-state index is 11.7. The van der Waals surface area contributed by atoms with Gasteiger partial charge in [0, 0.05) is 22.5 Å². The highest BCUT2D eigenvalue weighted by molar-refractivity contribution is 6.31. The van der Waals surface area contributed by atoms with Crippen molar-refractivity contribution in [3.8, 4) is 0 Å². The highest BCUT2D eigenvalue weighted by Gasteiger charge is 2.06. The van der Waals surface area contributed by atoms with Crippen LogP contribution in [0.4, 0.5) is 0 Å². The maximum Gasteiger partial charge on any atom is 0.251 e. The minimum Gasteiger partial charge on any atom is -0.352 e. The minimum absolute atomic E-state index is 0.0762. The lowest BCUT2D eigenvalue weighted by Gasteiger charge is -2.07. The number of carbonyl (C=O) groups excluding carboxylic acids is 1. The molecule has 0 aliphatic carbocycles. The summed E-state index contributed by atoms with van der Waals surface area (Å²) >= 11 is 11.7. The first-order chi connectivity index (χ1) is 7.50. The number of carbonyl (C=O) groups is 1. The van der Waals surface area contributed by atoms with Gasteiger partial charge in [0.15, 0.2) is 0 Å². The summed E-state index contributed by atoms with van der Waals surface area (Å²) < 4.78 is 0. The van der Waals surface area contributed by atoms with Gasteiger partial charge in [0.25, 0.3) is 5.91 Å². The number of benzene rings is 1. The van der Waals surface area contributed by atoms with Crippen LogP contribution in [-0.4, -0.2) is 17.8 Å². The van der Waals surface area contributed by atoms with E-state index in [-0.39, 0.29) is 11.3 Å². The second-order valence-electron chi connectivity index (χ2n) is 3.79. The van der Waals surface area contributed by atoms with E-state index in [1.807, 2.05) is 13.8 Å². The number of hydrogen-bond donors (Lipinski definition) is 1. The van der Waals surface area contributed by atoms with Crippen molar-refractivity contribution < 1.29 is 4.79 Å². The Morgan fingerprint density at radius 3 is 2.75 bits per heavy atom. The summed E-state index contributed by atoms with van der Waals surface area (Å²) in [6, 6.07) is 5.23. The molecule has 4 heteroatoms. The molecule has 0 fully saturated rings. The van der Waals surface area contributed by atoms with Crippen LogP contribution in [0.5, 0.6) is 0 Å². The predicted octanol–water partition coefficient (Wildman–Crippen LogP) is 3.40. The standard InChI is InChI=1S/C12H15Cl2NO/c1-8-7-10(3-4-11(8)14)12(16)15-6-5-9(2)13/h3-4,7,9H,5-6H2,1-2H3,(H,15,16). The van der Waals surface area contributed by atoms with Crippen LogP contribution in [0.3, 0.4) is 0 Å². The van der Waals surface area contributed by atoms with Crippen molar-refractivity contribution in [1.82, 2.24) is 5.32 Å². The largest absolute Gasteiger partial charge is 0.352 e. The zero-order valence-corrected chi connectivity index (χ0v) is 10.9. The number of alkyl halides is 1. The van der Waals surface area contributed by atoms with Crippen molar-refractivity contribution in [2.75, 3.05) is 6.54 Å². The Hall–Kier alpha value is -0.730. The lowest BCUT2D eigenvalue weighted by atomic mass is 10.1. The van der Waals surface area contributed by atoms with Crippen LogP contribution in [0.15, 0.2) is 18.2 Å². The van der Waals surface area contributed by atoms with Gasteiger partial charge in [0.05, 0.1) is 0 Å². The molecule has 1 amide bonds. The molecular formula is C12H15Cl2NO. The molecule has 0 spiro atoms. The molecule has 0 aliphatic rings. The number of amides is 1. The third-order valence-corrected chi connectivity index (χ3v) is 2.89. The van der Waals surface area contributed by atoms with Crippen molar-refractivity contribution in [2.24, 2.45) is 0 Å². The van der Waals surface area contributed by atoms with E-state index in [4.69, 9.17) is 23.2 Å². The van der Waals surface area contributed by atoms with Crippen LogP contribution in [0.1, 0.15) is 29.3 Å². The van der Waals surface area contributed by atoms with Crippen LogP contribution < -0.4 is 5.32 Å². The second-order valence-corrected chi connectivity index (χ2v) is 4.94. The molecule has 1 N–H and O–H groups in total. The van der Waals surface area contributed by atoms with E-state index < -0.39 is 0 Å². The van der Waals surface area contributed by atoms with Gasteiger partial charge in [-0.25, -0.2) is 0 Å². The van der Waals surface area contributed by atoms with Gasteiger partial charge in [-0.1, -0.05) is 11.6 Å². The molecule has 1 aromatic carbocycles.